The van der Waals surface area contributed by atoms with Crippen LogP contribution in [0.15, 0.2) is 4.47 Å². The Balaban J connectivity index is 3.64. The zero-order valence-electron chi connectivity index (χ0n) is 7.15. The molecule has 1 aromatic carbocycles. The number of carbonyl (C=O) groups is 2. The van der Waals surface area contributed by atoms with Crippen LogP contribution in [0.5, 0.6) is 0 Å². The molecule has 3 nitrogen and oxygen atoms in total. The molecule has 0 saturated carbocycles. The third kappa shape index (κ3) is 1.92. The van der Waals surface area contributed by atoms with Gasteiger partial charge in [0.15, 0.2) is 17.5 Å². The van der Waals surface area contributed by atoms with E-state index in [1.165, 1.54) is 0 Å². The minimum Gasteiger partial charge on any atom is -0.475 e. The average Bonchev–Trinajstić information content (AvgIpc) is 2.23. The predicted octanol–water partition coefficient (Wildman–Crippen LogP) is 2.79. The quantitative estimate of drug-likeness (QED) is 0.395. The van der Waals surface area contributed by atoms with Crippen LogP contribution in [0, 0.1) is 17.5 Å². The molecule has 0 aliphatic rings. The molecule has 0 radical (unpaired) electrons. The third-order valence-corrected chi connectivity index (χ3v) is 2.68. The third-order valence-electron chi connectivity index (χ3n) is 1.63. The summed E-state index contributed by atoms with van der Waals surface area (Å²) in [6, 6.07) is 0. The monoisotopic (exact) mass is 316 g/mol. The summed E-state index contributed by atoms with van der Waals surface area (Å²) in [5, 5.41) is 7.22. The molecular weight excluding hydrogens is 316 g/mol. The Morgan fingerprint density at radius 3 is 2.06 bits per heavy atom. The van der Waals surface area contributed by atoms with Gasteiger partial charge in [0, 0.05) is 0 Å². The number of aliphatic carboxylic acids is 1. The van der Waals surface area contributed by atoms with Gasteiger partial charge < -0.3 is 5.11 Å². The molecule has 0 saturated heterocycles. The van der Waals surface area contributed by atoms with Crippen molar-refractivity contribution >= 4 is 39.3 Å². The van der Waals surface area contributed by atoms with Crippen LogP contribution in [0.3, 0.4) is 0 Å². The molecule has 0 unspecified atom stereocenters. The number of benzene rings is 1. The molecule has 0 atom stereocenters. The van der Waals surface area contributed by atoms with Gasteiger partial charge in [-0.2, -0.15) is 0 Å². The number of carboxylic acid groups (broad SMARTS) is 1. The molecule has 1 N–H and O–H groups in total. The van der Waals surface area contributed by atoms with Gasteiger partial charge in [0.1, 0.15) is 0 Å². The topological polar surface area (TPSA) is 54.4 Å². The fraction of sp³-hybridized carbons (Fsp3) is 0. The standard InChI is InChI=1S/C8HBrClF3O3/c9-2-5(12)3(10)1(4(11)6(2)13)7(14)8(15)16/h(H,15,16). The molecule has 0 aromatic heterocycles. The van der Waals surface area contributed by atoms with Crippen LogP contribution in [-0.4, -0.2) is 16.9 Å². The Hall–Kier alpha value is -1.08. The number of Topliss-reactive ketones (excluding diaryl/α,β-unsaturated/α-hetero) is 1. The van der Waals surface area contributed by atoms with Crippen molar-refractivity contribution in [2.24, 2.45) is 0 Å². The number of halogens is 5. The molecule has 0 aliphatic heterocycles. The molecule has 0 aliphatic carbocycles. The second-order valence-electron chi connectivity index (χ2n) is 2.58. The van der Waals surface area contributed by atoms with Crippen molar-refractivity contribution in [1.82, 2.24) is 0 Å². The van der Waals surface area contributed by atoms with Gasteiger partial charge in [0.25, 0.3) is 5.78 Å². The molecular formula is C8HBrClF3O3. The predicted molar refractivity (Wildman–Crippen MR) is 51.0 cm³/mol. The molecule has 86 valence electrons. The molecule has 1 rings (SSSR count). The molecule has 0 spiro atoms. The number of carboxylic acids is 1. The molecule has 1 aromatic rings. The van der Waals surface area contributed by atoms with Gasteiger partial charge in [0.05, 0.1) is 15.1 Å². The number of rotatable bonds is 2. The van der Waals surface area contributed by atoms with E-state index < -0.39 is 44.3 Å². The highest BCUT2D eigenvalue weighted by Gasteiger charge is 2.30. The normalized spacial score (nSPS) is 10.3. The van der Waals surface area contributed by atoms with Gasteiger partial charge in [-0.1, -0.05) is 11.6 Å². The first-order valence-electron chi connectivity index (χ1n) is 3.58. The highest BCUT2D eigenvalue weighted by atomic mass is 79.9. The van der Waals surface area contributed by atoms with Crippen LogP contribution in [0.25, 0.3) is 0 Å². The second kappa shape index (κ2) is 4.42. The van der Waals surface area contributed by atoms with Crippen molar-refractivity contribution in [1.29, 1.82) is 0 Å². The van der Waals surface area contributed by atoms with E-state index in [1.54, 1.807) is 0 Å². The van der Waals surface area contributed by atoms with Crippen molar-refractivity contribution in [3.63, 3.8) is 0 Å². The fourth-order valence-corrected chi connectivity index (χ4v) is 1.66. The molecule has 16 heavy (non-hydrogen) atoms. The smallest absolute Gasteiger partial charge is 0.377 e. The highest BCUT2D eigenvalue weighted by Crippen LogP contribution is 2.32. The van der Waals surface area contributed by atoms with Gasteiger partial charge >= 0.3 is 5.97 Å². The van der Waals surface area contributed by atoms with Crippen LogP contribution in [0.2, 0.25) is 5.02 Å². The molecule has 0 amide bonds. The van der Waals surface area contributed by atoms with E-state index in [0.717, 1.165) is 0 Å². The minimum absolute atomic E-state index is 0.906. The van der Waals surface area contributed by atoms with Gasteiger partial charge in [0.2, 0.25) is 0 Å². The zero-order valence-corrected chi connectivity index (χ0v) is 9.50. The summed E-state index contributed by atoms with van der Waals surface area (Å²) in [5.41, 5.74) is -1.34. The van der Waals surface area contributed by atoms with Crippen molar-refractivity contribution in [2.75, 3.05) is 0 Å². The number of hydrogen-bond donors (Lipinski definition) is 1. The largest absolute Gasteiger partial charge is 0.475 e. The fourth-order valence-electron chi connectivity index (χ4n) is 0.911. The van der Waals surface area contributed by atoms with E-state index >= 15 is 0 Å². The van der Waals surface area contributed by atoms with Crippen LogP contribution in [-0.2, 0) is 4.79 Å². The first kappa shape index (κ1) is 13.0. The Morgan fingerprint density at radius 1 is 1.12 bits per heavy atom. The molecule has 8 heteroatoms. The van der Waals surface area contributed by atoms with Crippen molar-refractivity contribution in [2.45, 2.75) is 0 Å². The van der Waals surface area contributed by atoms with E-state index in [1.807, 2.05) is 0 Å². The maximum Gasteiger partial charge on any atom is 0.377 e. The highest BCUT2D eigenvalue weighted by molar-refractivity contribution is 9.10. The summed E-state index contributed by atoms with van der Waals surface area (Å²) in [4.78, 5) is 21.2. The summed E-state index contributed by atoms with van der Waals surface area (Å²) in [6.07, 6.45) is 0. The van der Waals surface area contributed by atoms with E-state index in [0.29, 0.717) is 0 Å². The second-order valence-corrected chi connectivity index (χ2v) is 3.75. The summed E-state index contributed by atoms with van der Waals surface area (Å²) < 4.78 is 38.4. The van der Waals surface area contributed by atoms with Crippen LogP contribution >= 0.6 is 27.5 Å². The summed E-state index contributed by atoms with van der Waals surface area (Å²) in [6.45, 7) is 0. The van der Waals surface area contributed by atoms with Crippen LogP contribution in [0.4, 0.5) is 13.2 Å². The maximum absolute atomic E-state index is 13.2. The lowest BCUT2D eigenvalue weighted by atomic mass is 10.1. The maximum atomic E-state index is 13.2. The van der Waals surface area contributed by atoms with E-state index in [4.69, 9.17) is 16.7 Å². The van der Waals surface area contributed by atoms with Crippen molar-refractivity contribution in [3.05, 3.63) is 32.5 Å². The van der Waals surface area contributed by atoms with E-state index in [-0.39, 0.29) is 0 Å². The van der Waals surface area contributed by atoms with Gasteiger partial charge in [-0.3, -0.25) is 4.79 Å². The van der Waals surface area contributed by atoms with Crippen molar-refractivity contribution < 1.29 is 27.9 Å². The number of hydrogen-bond acceptors (Lipinski definition) is 2. The minimum atomic E-state index is -2.07. The van der Waals surface area contributed by atoms with Crippen molar-refractivity contribution in [3.8, 4) is 0 Å². The summed E-state index contributed by atoms with van der Waals surface area (Å²) in [7, 11) is 0. The first-order valence-corrected chi connectivity index (χ1v) is 4.75. The van der Waals surface area contributed by atoms with Gasteiger partial charge in [-0.25, -0.2) is 18.0 Å². The number of ketones is 1. The lowest BCUT2D eigenvalue weighted by Crippen LogP contribution is -2.17. The Labute approximate surface area is 99.9 Å². The first-order chi connectivity index (χ1) is 7.29. The molecule has 0 heterocycles. The Kier molecular flexibility index (Phi) is 3.59. The zero-order chi connectivity index (χ0) is 12.6. The Bertz CT molecular complexity index is 475. The summed E-state index contributed by atoms with van der Waals surface area (Å²) >= 11 is 7.59. The van der Waals surface area contributed by atoms with Gasteiger partial charge in [-0.15, -0.1) is 0 Å². The lowest BCUT2D eigenvalue weighted by Gasteiger charge is -2.06. The SMILES string of the molecule is O=C(O)C(=O)c1c(F)c(F)c(Br)c(F)c1Cl. The lowest BCUT2D eigenvalue weighted by molar-refractivity contribution is -0.131. The van der Waals surface area contributed by atoms with E-state index in [9.17, 15) is 22.8 Å². The number of carbonyl (C=O) groups excluding carboxylic acids is 1. The molecule has 0 fully saturated rings. The van der Waals surface area contributed by atoms with Gasteiger partial charge in [-0.05, 0) is 15.9 Å². The Morgan fingerprint density at radius 2 is 1.62 bits per heavy atom. The molecule has 0 bridgehead atoms. The average molecular weight is 317 g/mol. The van der Waals surface area contributed by atoms with E-state index in [2.05, 4.69) is 15.9 Å². The van der Waals surface area contributed by atoms with Crippen LogP contribution in [0.1, 0.15) is 10.4 Å². The summed E-state index contributed by atoms with van der Waals surface area (Å²) in [5.74, 6) is -8.86. The van der Waals surface area contributed by atoms with Crippen LogP contribution < -0.4 is 0 Å².